The Labute approximate surface area is 214 Å². The Morgan fingerprint density at radius 2 is 1.78 bits per heavy atom. The third-order valence-electron chi connectivity index (χ3n) is 5.27. The van der Waals surface area contributed by atoms with Crippen LogP contribution >= 0.6 is 15.9 Å². The maximum atomic E-state index is 13.2. The summed E-state index contributed by atoms with van der Waals surface area (Å²) >= 11 is 3.31. The van der Waals surface area contributed by atoms with E-state index in [1.807, 2.05) is 0 Å². The maximum Gasteiger partial charge on any atom is 0.335 e. The van der Waals surface area contributed by atoms with E-state index in [9.17, 15) is 24.3 Å². The van der Waals surface area contributed by atoms with Gasteiger partial charge >= 0.3 is 12.0 Å². The number of rotatable bonds is 7. The molecule has 0 saturated carbocycles. The van der Waals surface area contributed by atoms with Crippen LogP contribution in [0.1, 0.15) is 21.5 Å². The number of ether oxygens (including phenoxy) is 2. The van der Waals surface area contributed by atoms with E-state index >= 15 is 0 Å². The summed E-state index contributed by atoms with van der Waals surface area (Å²) < 4.78 is 12.1. The van der Waals surface area contributed by atoms with Crippen molar-refractivity contribution in [3.63, 3.8) is 0 Å². The lowest BCUT2D eigenvalue weighted by atomic mass is 10.1. The second kappa shape index (κ2) is 10.4. The highest BCUT2D eigenvalue weighted by atomic mass is 79.9. The first-order chi connectivity index (χ1) is 17.3. The van der Waals surface area contributed by atoms with Gasteiger partial charge in [-0.3, -0.25) is 14.9 Å². The van der Waals surface area contributed by atoms with Crippen LogP contribution in [-0.4, -0.2) is 36.0 Å². The van der Waals surface area contributed by atoms with Crippen LogP contribution in [-0.2, 0) is 16.2 Å². The molecule has 0 unspecified atom stereocenters. The second-order valence-electron chi connectivity index (χ2n) is 7.61. The number of para-hydroxylation sites is 1. The van der Waals surface area contributed by atoms with Gasteiger partial charge in [-0.25, -0.2) is 14.5 Å². The largest absolute Gasteiger partial charge is 0.493 e. The number of carbonyl (C=O) groups is 4. The number of nitrogens with one attached hydrogen (secondary N) is 1. The summed E-state index contributed by atoms with van der Waals surface area (Å²) in [5, 5.41) is 11.4. The van der Waals surface area contributed by atoms with Gasteiger partial charge in [0.2, 0.25) is 0 Å². The number of halogens is 1. The molecule has 1 aliphatic heterocycles. The predicted molar refractivity (Wildman–Crippen MR) is 134 cm³/mol. The number of aromatic carboxylic acids is 1. The first-order valence-electron chi connectivity index (χ1n) is 10.6. The number of carbonyl (C=O) groups excluding carboxylic acids is 3. The fraction of sp³-hybridized carbons (Fsp3) is 0.0769. The van der Waals surface area contributed by atoms with Crippen molar-refractivity contribution in [2.45, 2.75) is 6.61 Å². The number of amides is 4. The smallest absolute Gasteiger partial charge is 0.335 e. The van der Waals surface area contributed by atoms with Gasteiger partial charge in [0.05, 0.1) is 18.4 Å². The Morgan fingerprint density at radius 3 is 2.47 bits per heavy atom. The van der Waals surface area contributed by atoms with E-state index in [-0.39, 0.29) is 23.5 Å². The molecule has 182 valence electrons. The highest BCUT2D eigenvalue weighted by Crippen LogP contribution is 2.34. The number of nitrogens with zero attached hydrogens (tertiary/aromatic N) is 1. The molecule has 0 atom stereocenters. The monoisotopic (exact) mass is 550 g/mol. The average Bonchev–Trinajstić information content (AvgIpc) is 2.86. The molecule has 4 amide bonds. The Kier molecular flexibility index (Phi) is 7.16. The van der Waals surface area contributed by atoms with Crippen molar-refractivity contribution in [3.05, 3.63) is 93.5 Å². The number of hydrogen-bond acceptors (Lipinski definition) is 6. The molecule has 4 rings (SSSR count). The summed E-state index contributed by atoms with van der Waals surface area (Å²) in [4.78, 5) is 50.4. The van der Waals surface area contributed by atoms with Crippen molar-refractivity contribution in [2.24, 2.45) is 0 Å². The molecule has 0 aliphatic carbocycles. The van der Waals surface area contributed by atoms with E-state index in [1.165, 1.54) is 25.3 Å². The standard InChI is InChI=1S/C26H19BrN2O7/c1-35-21-7-3-5-16(22(21)36-14-15-4-2-6-17(12-15)25(32)33)13-20-23(30)28-26(34)29(24(20)31)19-10-8-18(27)9-11-19/h2-13H,14H2,1H3,(H,32,33)(H,28,30,34)/b20-13+. The molecular formula is C26H19BrN2O7. The third-order valence-corrected chi connectivity index (χ3v) is 5.80. The van der Waals surface area contributed by atoms with Crippen LogP contribution in [0.5, 0.6) is 11.5 Å². The Hall–Kier alpha value is -4.44. The minimum Gasteiger partial charge on any atom is -0.493 e. The number of barbiturate groups is 1. The lowest BCUT2D eigenvalue weighted by molar-refractivity contribution is -0.122. The maximum absolute atomic E-state index is 13.2. The van der Waals surface area contributed by atoms with E-state index in [0.29, 0.717) is 22.6 Å². The zero-order valence-electron chi connectivity index (χ0n) is 18.9. The molecular weight excluding hydrogens is 532 g/mol. The van der Waals surface area contributed by atoms with Gasteiger partial charge in [-0.15, -0.1) is 0 Å². The van der Waals surface area contributed by atoms with Gasteiger partial charge in [0.15, 0.2) is 11.5 Å². The number of carboxylic acid groups (broad SMARTS) is 1. The van der Waals surface area contributed by atoms with Gasteiger partial charge in [0, 0.05) is 10.0 Å². The van der Waals surface area contributed by atoms with Crippen LogP contribution in [0.2, 0.25) is 0 Å². The Balaban J connectivity index is 1.69. The topological polar surface area (TPSA) is 122 Å². The quantitative estimate of drug-likeness (QED) is 0.330. The number of anilines is 1. The van der Waals surface area contributed by atoms with Gasteiger partial charge in [0.1, 0.15) is 12.2 Å². The van der Waals surface area contributed by atoms with Gasteiger partial charge < -0.3 is 14.6 Å². The lowest BCUT2D eigenvalue weighted by Crippen LogP contribution is -2.54. The minimum atomic E-state index is -1.06. The second-order valence-corrected chi connectivity index (χ2v) is 8.52. The van der Waals surface area contributed by atoms with E-state index in [4.69, 9.17) is 9.47 Å². The number of benzene rings is 3. The zero-order chi connectivity index (χ0) is 25.8. The van der Waals surface area contributed by atoms with Crippen LogP contribution in [0.3, 0.4) is 0 Å². The van der Waals surface area contributed by atoms with Crippen LogP contribution < -0.4 is 19.7 Å². The summed E-state index contributed by atoms with van der Waals surface area (Å²) in [6.07, 6.45) is 1.32. The van der Waals surface area contributed by atoms with E-state index in [2.05, 4.69) is 21.2 Å². The number of methoxy groups -OCH3 is 1. The number of imide groups is 2. The van der Waals surface area contributed by atoms with Crippen LogP contribution in [0.25, 0.3) is 6.08 Å². The predicted octanol–water partition coefficient (Wildman–Crippen LogP) is 4.40. The van der Waals surface area contributed by atoms with E-state index in [0.717, 1.165) is 9.37 Å². The molecule has 10 heteroatoms. The summed E-state index contributed by atoms with van der Waals surface area (Å²) in [6, 6.07) is 16.8. The first kappa shape index (κ1) is 24.7. The van der Waals surface area contributed by atoms with Gasteiger partial charge in [0.25, 0.3) is 11.8 Å². The zero-order valence-corrected chi connectivity index (χ0v) is 20.4. The lowest BCUT2D eigenvalue weighted by Gasteiger charge is -2.26. The number of hydrogen-bond donors (Lipinski definition) is 2. The molecule has 1 heterocycles. The molecule has 2 N–H and O–H groups in total. The highest BCUT2D eigenvalue weighted by molar-refractivity contribution is 9.10. The summed E-state index contributed by atoms with van der Waals surface area (Å²) in [5.74, 6) is -2.13. The van der Waals surface area contributed by atoms with E-state index < -0.39 is 23.8 Å². The molecule has 0 radical (unpaired) electrons. The molecule has 1 aliphatic rings. The molecule has 36 heavy (non-hydrogen) atoms. The Morgan fingerprint density at radius 1 is 1.06 bits per heavy atom. The SMILES string of the molecule is COc1cccc(/C=C2\C(=O)NC(=O)N(c3ccc(Br)cc3)C2=O)c1OCc1cccc(C(=O)O)c1. The molecule has 9 nitrogen and oxygen atoms in total. The highest BCUT2D eigenvalue weighted by Gasteiger charge is 2.37. The summed E-state index contributed by atoms with van der Waals surface area (Å²) in [6.45, 7) is 0.00130. The van der Waals surface area contributed by atoms with Crippen molar-refractivity contribution in [2.75, 3.05) is 12.0 Å². The number of carboxylic acids is 1. The summed E-state index contributed by atoms with van der Waals surface area (Å²) in [5.41, 5.74) is 1.08. The molecule has 0 spiro atoms. The molecule has 1 fully saturated rings. The molecule has 0 aromatic heterocycles. The van der Waals surface area contributed by atoms with Crippen molar-refractivity contribution >= 4 is 51.5 Å². The van der Waals surface area contributed by atoms with Crippen LogP contribution in [0.15, 0.2) is 76.8 Å². The van der Waals surface area contributed by atoms with Crippen LogP contribution in [0.4, 0.5) is 10.5 Å². The fourth-order valence-electron chi connectivity index (χ4n) is 3.55. The number of urea groups is 1. The van der Waals surface area contributed by atoms with Crippen LogP contribution in [0, 0.1) is 0 Å². The molecule has 3 aromatic rings. The van der Waals surface area contributed by atoms with Crippen molar-refractivity contribution in [3.8, 4) is 11.5 Å². The van der Waals surface area contributed by atoms with Crippen molar-refractivity contribution < 1.29 is 33.8 Å². The first-order valence-corrected chi connectivity index (χ1v) is 11.4. The van der Waals surface area contributed by atoms with Gasteiger partial charge in [-0.2, -0.15) is 0 Å². The normalized spacial score (nSPS) is 14.6. The van der Waals surface area contributed by atoms with Crippen molar-refractivity contribution in [1.29, 1.82) is 0 Å². The third kappa shape index (κ3) is 5.13. The minimum absolute atomic E-state index is 0.00130. The van der Waals surface area contributed by atoms with Gasteiger partial charge in [-0.1, -0.05) is 40.2 Å². The summed E-state index contributed by atoms with van der Waals surface area (Å²) in [7, 11) is 1.44. The molecule has 0 bridgehead atoms. The molecule has 3 aromatic carbocycles. The van der Waals surface area contributed by atoms with E-state index in [1.54, 1.807) is 54.6 Å². The van der Waals surface area contributed by atoms with Crippen molar-refractivity contribution in [1.82, 2.24) is 5.32 Å². The fourth-order valence-corrected chi connectivity index (χ4v) is 3.81. The molecule has 1 saturated heterocycles. The van der Waals surface area contributed by atoms with Gasteiger partial charge in [-0.05, 0) is 54.1 Å². The average molecular weight is 551 g/mol. The Bertz CT molecular complexity index is 1400.